The third kappa shape index (κ3) is 4.20. The average Bonchev–Trinajstić information content (AvgIpc) is 3.12. The number of benzene rings is 2. The van der Waals surface area contributed by atoms with E-state index in [4.69, 9.17) is 0 Å². The van der Waals surface area contributed by atoms with Gasteiger partial charge in [0.25, 0.3) is 5.91 Å². The maximum absolute atomic E-state index is 13.5. The molecule has 7 nitrogen and oxygen atoms in total. The number of fused-ring (bicyclic) bond motifs is 1. The quantitative estimate of drug-likeness (QED) is 0.716. The zero-order valence-corrected chi connectivity index (χ0v) is 18.0. The van der Waals surface area contributed by atoms with Crippen LogP contribution in [0.25, 0.3) is 0 Å². The number of hydrogen-bond donors (Lipinski definition) is 1. The molecule has 9 heteroatoms. The Hall–Kier alpha value is -3.33. The van der Waals surface area contributed by atoms with Crippen LogP contribution in [-0.2, 0) is 22.7 Å². The van der Waals surface area contributed by atoms with Gasteiger partial charge in [0.05, 0.1) is 0 Å². The van der Waals surface area contributed by atoms with Crippen molar-refractivity contribution in [3.63, 3.8) is 0 Å². The molecule has 5 rings (SSSR count). The Bertz CT molecular complexity index is 1130. The van der Waals surface area contributed by atoms with E-state index >= 15 is 0 Å². The van der Waals surface area contributed by atoms with Crippen molar-refractivity contribution in [3.8, 4) is 0 Å². The third-order valence-corrected chi connectivity index (χ3v) is 6.63. The predicted octanol–water partition coefficient (Wildman–Crippen LogP) is 2.05. The van der Waals surface area contributed by atoms with Crippen LogP contribution < -0.4 is 10.2 Å². The number of nitrogens with one attached hydrogen (secondary N) is 1. The molecular weight excluding hydrogens is 430 g/mol. The lowest BCUT2D eigenvalue weighted by Gasteiger charge is -2.36. The van der Waals surface area contributed by atoms with Crippen LogP contribution >= 0.6 is 0 Å². The molecular formula is C24H24F2N4O3. The minimum atomic E-state index is -0.844. The number of anilines is 1. The van der Waals surface area contributed by atoms with Crippen molar-refractivity contribution < 1.29 is 23.2 Å². The molecule has 33 heavy (non-hydrogen) atoms. The van der Waals surface area contributed by atoms with Crippen molar-refractivity contribution in [3.05, 3.63) is 64.7 Å². The molecule has 1 unspecified atom stereocenters. The number of carbonyl (C=O) groups is 3. The molecule has 0 radical (unpaired) electrons. The molecule has 2 aromatic carbocycles. The van der Waals surface area contributed by atoms with Crippen LogP contribution in [0.15, 0.2) is 36.4 Å². The van der Waals surface area contributed by atoms with Crippen LogP contribution in [0.3, 0.4) is 0 Å². The predicted molar refractivity (Wildman–Crippen MR) is 116 cm³/mol. The van der Waals surface area contributed by atoms with E-state index in [1.165, 1.54) is 6.07 Å². The molecule has 0 aliphatic carbocycles. The lowest BCUT2D eigenvalue weighted by atomic mass is 10.0. The number of nitrogens with zero attached hydrogens (tertiary/aromatic N) is 3. The number of halogens is 2. The monoisotopic (exact) mass is 454 g/mol. The van der Waals surface area contributed by atoms with Crippen molar-refractivity contribution in [2.75, 3.05) is 31.1 Å². The minimum Gasteiger partial charge on any atom is -0.369 e. The summed E-state index contributed by atoms with van der Waals surface area (Å²) in [4.78, 5) is 42.3. The van der Waals surface area contributed by atoms with Crippen LogP contribution in [0.4, 0.5) is 14.5 Å². The first kappa shape index (κ1) is 21.5. The van der Waals surface area contributed by atoms with E-state index < -0.39 is 23.6 Å². The second-order valence-corrected chi connectivity index (χ2v) is 8.75. The molecule has 0 aromatic heterocycles. The van der Waals surface area contributed by atoms with Crippen molar-refractivity contribution in [2.45, 2.75) is 32.0 Å². The van der Waals surface area contributed by atoms with Gasteiger partial charge in [0, 0.05) is 63.0 Å². The molecule has 3 aliphatic rings. The van der Waals surface area contributed by atoms with Crippen LogP contribution in [-0.4, -0.2) is 59.7 Å². The van der Waals surface area contributed by atoms with Gasteiger partial charge in [0.15, 0.2) is 11.6 Å². The van der Waals surface area contributed by atoms with E-state index in [1.54, 1.807) is 11.0 Å². The Labute approximate surface area is 189 Å². The first-order chi connectivity index (χ1) is 15.9. The number of rotatable bonds is 4. The highest BCUT2D eigenvalue weighted by molar-refractivity contribution is 6.05. The minimum absolute atomic E-state index is 0.175. The fourth-order valence-corrected chi connectivity index (χ4v) is 4.83. The summed E-state index contributed by atoms with van der Waals surface area (Å²) in [6, 6.07) is 9.14. The standard InChI is InChI=1S/C24H24F2N4O3/c25-19-4-2-17(12-20(19)26)29-9-7-28(8-10-29)13-15-1-3-18-16(11-15)14-30(24(18)33)21-5-6-22(31)27-23(21)32/h1-4,11-12,21H,5-10,13-14H2,(H,27,31,32). The lowest BCUT2D eigenvalue weighted by Crippen LogP contribution is -2.52. The summed E-state index contributed by atoms with van der Waals surface area (Å²) in [7, 11) is 0. The molecule has 2 fully saturated rings. The summed E-state index contributed by atoms with van der Waals surface area (Å²) in [5.74, 6) is -2.57. The summed E-state index contributed by atoms with van der Waals surface area (Å²) >= 11 is 0. The van der Waals surface area contributed by atoms with E-state index in [0.717, 1.165) is 30.3 Å². The smallest absolute Gasteiger partial charge is 0.255 e. The Balaban J connectivity index is 1.21. The highest BCUT2D eigenvalue weighted by atomic mass is 19.2. The van der Waals surface area contributed by atoms with Crippen molar-refractivity contribution in [1.82, 2.24) is 15.1 Å². The van der Waals surface area contributed by atoms with E-state index in [0.29, 0.717) is 43.9 Å². The SMILES string of the molecule is O=C1CCC(N2Cc3cc(CN4CCN(c5ccc(F)c(F)c5)CC4)ccc3C2=O)C(=O)N1. The van der Waals surface area contributed by atoms with E-state index in [-0.39, 0.29) is 18.2 Å². The summed E-state index contributed by atoms with van der Waals surface area (Å²) in [6.45, 7) is 4.04. The van der Waals surface area contributed by atoms with E-state index in [2.05, 4.69) is 10.2 Å². The molecule has 3 aliphatic heterocycles. The molecule has 172 valence electrons. The first-order valence-electron chi connectivity index (χ1n) is 11.1. The van der Waals surface area contributed by atoms with Gasteiger partial charge in [0.2, 0.25) is 11.8 Å². The zero-order valence-electron chi connectivity index (χ0n) is 18.0. The normalized spacial score (nSPS) is 21.4. The van der Waals surface area contributed by atoms with Gasteiger partial charge in [0.1, 0.15) is 6.04 Å². The van der Waals surface area contributed by atoms with Crippen LogP contribution in [0, 0.1) is 11.6 Å². The fourth-order valence-electron chi connectivity index (χ4n) is 4.83. The van der Waals surface area contributed by atoms with Gasteiger partial charge >= 0.3 is 0 Å². The Kier molecular flexibility index (Phi) is 5.57. The number of amides is 3. The average molecular weight is 454 g/mol. The molecule has 0 spiro atoms. The first-order valence-corrected chi connectivity index (χ1v) is 11.1. The van der Waals surface area contributed by atoms with Gasteiger partial charge in [-0.15, -0.1) is 0 Å². The Morgan fingerprint density at radius 2 is 1.73 bits per heavy atom. The Morgan fingerprint density at radius 3 is 2.45 bits per heavy atom. The molecule has 2 aromatic rings. The van der Waals surface area contributed by atoms with Gasteiger partial charge in [-0.2, -0.15) is 0 Å². The number of imide groups is 1. The molecule has 3 amide bonds. The van der Waals surface area contributed by atoms with E-state index in [9.17, 15) is 23.2 Å². The molecule has 0 saturated carbocycles. The summed E-state index contributed by atoms with van der Waals surface area (Å²) < 4.78 is 26.7. The number of hydrogen-bond acceptors (Lipinski definition) is 5. The largest absolute Gasteiger partial charge is 0.369 e. The summed E-state index contributed by atoms with van der Waals surface area (Å²) in [6.07, 6.45) is 0.581. The van der Waals surface area contributed by atoms with Gasteiger partial charge in [-0.05, 0) is 35.7 Å². The summed E-state index contributed by atoms with van der Waals surface area (Å²) in [5, 5.41) is 2.32. The van der Waals surface area contributed by atoms with Crippen molar-refractivity contribution >= 4 is 23.4 Å². The maximum atomic E-state index is 13.5. The highest BCUT2D eigenvalue weighted by Gasteiger charge is 2.39. The highest BCUT2D eigenvalue weighted by Crippen LogP contribution is 2.29. The molecule has 1 N–H and O–H groups in total. The van der Waals surface area contributed by atoms with Gasteiger partial charge in [-0.25, -0.2) is 8.78 Å². The van der Waals surface area contributed by atoms with E-state index in [1.807, 2.05) is 23.1 Å². The number of piperazine rings is 1. The second kappa shape index (κ2) is 8.55. The molecule has 0 bridgehead atoms. The van der Waals surface area contributed by atoms with Crippen LogP contribution in [0.5, 0.6) is 0 Å². The summed E-state index contributed by atoms with van der Waals surface area (Å²) in [5.41, 5.74) is 3.25. The lowest BCUT2D eigenvalue weighted by molar-refractivity contribution is -0.136. The van der Waals surface area contributed by atoms with Crippen LogP contribution in [0.1, 0.15) is 34.3 Å². The zero-order chi connectivity index (χ0) is 23.1. The number of carbonyl (C=O) groups excluding carboxylic acids is 3. The second-order valence-electron chi connectivity index (χ2n) is 8.75. The molecule has 3 heterocycles. The molecule has 2 saturated heterocycles. The van der Waals surface area contributed by atoms with Gasteiger partial charge in [-0.1, -0.05) is 12.1 Å². The van der Waals surface area contributed by atoms with Gasteiger partial charge < -0.3 is 9.80 Å². The van der Waals surface area contributed by atoms with Crippen LogP contribution in [0.2, 0.25) is 0 Å². The fraction of sp³-hybridized carbons (Fsp3) is 0.375. The maximum Gasteiger partial charge on any atom is 0.255 e. The number of piperidine rings is 1. The topological polar surface area (TPSA) is 73.0 Å². The van der Waals surface area contributed by atoms with Crippen molar-refractivity contribution in [2.24, 2.45) is 0 Å². The Morgan fingerprint density at radius 1 is 0.939 bits per heavy atom. The van der Waals surface area contributed by atoms with Crippen molar-refractivity contribution in [1.29, 1.82) is 0 Å². The van der Waals surface area contributed by atoms with Gasteiger partial charge in [-0.3, -0.25) is 24.6 Å². The molecule has 1 atom stereocenters. The third-order valence-electron chi connectivity index (χ3n) is 6.63.